The van der Waals surface area contributed by atoms with Gasteiger partial charge < -0.3 is 20.1 Å². The molecule has 10 heteroatoms. The zero-order chi connectivity index (χ0) is 24.5. The van der Waals surface area contributed by atoms with Crippen LogP contribution in [0.1, 0.15) is 29.8 Å². The maximum absolute atomic E-state index is 12.6. The van der Waals surface area contributed by atoms with Gasteiger partial charge in [0.05, 0.1) is 6.61 Å². The molecule has 0 unspecified atom stereocenters. The molecule has 34 heavy (non-hydrogen) atoms. The Hall–Kier alpha value is -3.76. The molecule has 0 aliphatic rings. The number of benzene rings is 1. The van der Waals surface area contributed by atoms with Crippen LogP contribution in [0.5, 0.6) is 0 Å². The molecule has 0 atom stereocenters. The van der Waals surface area contributed by atoms with Crippen molar-refractivity contribution < 1.29 is 28.7 Å². The maximum atomic E-state index is 12.6. The summed E-state index contributed by atoms with van der Waals surface area (Å²) < 4.78 is 10.3. The molecule has 0 saturated carbocycles. The van der Waals surface area contributed by atoms with Gasteiger partial charge >= 0.3 is 11.9 Å². The Kier molecular flexibility index (Phi) is 8.72. The molecule has 2 N–H and O–H groups in total. The Morgan fingerprint density at radius 1 is 1.00 bits per heavy atom. The maximum Gasteiger partial charge on any atom is 0.355 e. The van der Waals surface area contributed by atoms with E-state index in [1.165, 1.54) is 35.7 Å². The van der Waals surface area contributed by atoms with Crippen molar-refractivity contribution in [1.29, 1.82) is 0 Å². The van der Waals surface area contributed by atoms with Crippen molar-refractivity contribution in [3.63, 3.8) is 0 Å². The molecule has 0 spiro atoms. The molecule has 3 aromatic rings. The SMILES string of the molecule is CCOC(=O)c1c(-c2cccs2)csc1NC(=O)COC(=O)/C(=C/c1ccccc1)NC(C)=O. The Labute approximate surface area is 204 Å². The van der Waals surface area contributed by atoms with Gasteiger partial charge in [0.2, 0.25) is 5.91 Å². The summed E-state index contributed by atoms with van der Waals surface area (Å²) in [4.78, 5) is 49.9. The highest BCUT2D eigenvalue weighted by Gasteiger charge is 2.24. The van der Waals surface area contributed by atoms with Crippen LogP contribution < -0.4 is 10.6 Å². The van der Waals surface area contributed by atoms with Gasteiger partial charge in [-0.1, -0.05) is 36.4 Å². The van der Waals surface area contributed by atoms with Gasteiger partial charge in [-0.25, -0.2) is 9.59 Å². The Balaban J connectivity index is 1.71. The fraction of sp³-hybridized carbons (Fsp3) is 0.167. The molecule has 2 aromatic heterocycles. The summed E-state index contributed by atoms with van der Waals surface area (Å²) in [6.07, 6.45) is 1.45. The van der Waals surface area contributed by atoms with Gasteiger partial charge in [0.1, 0.15) is 16.3 Å². The predicted molar refractivity (Wildman–Crippen MR) is 131 cm³/mol. The molecule has 3 rings (SSSR count). The summed E-state index contributed by atoms with van der Waals surface area (Å²) >= 11 is 2.63. The number of thiophene rings is 2. The number of carbonyl (C=O) groups is 4. The lowest BCUT2D eigenvalue weighted by Crippen LogP contribution is -2.29. The first kappa shape index (κ1) is 24.9. The van der Waals surface area contributed by atoms with E-state index in [1.807, 2.05) is 23.6 Å². The molecule has 0 fully saturated rings. The van der Waals surface area contributed by atoms with E-state index in [9.17, 15) is 19.2 Å². The second-order valence-electron chi connectivity index (χ2n) is 6.83. The first-order valence-electron chi connectivity index (χ1n) is 10.2. The van der Waals surface area contributed by atoms with Gasteiger partial charge in [-0.3, -0.25) is 9.59 Å². The number of hydrogen-bond donors (Lipinski definition) is 2. The number of esters is 2. The van der Waals surface area contributed by atoms with E-state index in [-0.39, 0.29) is 17.9 Å². The fourth-order valence-electron chi connectivity index (χ4n) is 2.89. The van der Waals surface area contributed by atoms with Crippen LogP contribution in [0.15, 0.2) is 58.9 Å². The van der Waals surface area contributed by atoms with Crippen LogP contribution in [0.4, 0.5) is 5.00 Å². The predicted octanol–water partition coefficient (Wildman–Crippen LogP) is 4.31. The number of hydrogen-bond acceptors (Lipinski definition) is 8. The Morgan fingerprint density at radius 3 is 2.41 bits per heavy atom. The third-order valence-corrected chi connectivity index (χ3v) is 6.08. The second kappa shape index (κ2) is 11.9. The third-order valence-electron chi connectivity index (χ3n) is 4.29. The molecule has 0 saturated heterocycles. The van der Waals surface area contributed by atoms with E-state index in [1.54, 1.807) is 36.6 Å². The molecule has 1 aromatic carbocycles. The van der Waals surface area contributed by atoms with E-state index in [2.05, 4.69) is 10.6 Å². The number of rotatable bonds is 9. The summed E-state index contributed by atoms with van der Waals surface area (Å²) in [6, 6.07) is 12.6. The molecule has 8 nitrogen and oxygen atoms in total. The van der Waals surface area contributed by atoms with Crippen LogP contribution in [0.25, 0.3) is 16.5 Å². The van der Waals surface area contributed by atoms with Crippen molar-refractivity contribution in [2.75, 3.05) is 18.5 Å². The van der Waals surface area contributed by atoms with Crippen molar-refractivity contribution in [2.24, 2.45) is 0 Å². The minimum atomic E-state index is -0.870. The largest absolute Gasteiger partial charge is 0.462 e. The normalized spacial score (nSPS) is 10.9. The van der Waals surface area contributed by atoms with Crippen molar-refractivity contribution in [3.05, 3.63) is 70.0 Å². The molecule has 2 heterocycles. The van der Waals surface area contributed by atoms with Crippen LogP contribution in [0.3, 0.4) is 0 Å². The lowest BCUT2D eigenvalue weighted by Gasteiger charge is -2.10. The molecule has 0 radical (unpaired) electrons. The number of amides is 2. The summed E-state index contributed by atoms with van der Waals surface area (Å²) in [5.74, 6) is -2.52. The van der Waals surface area contributed by atoms with Crippen molar-refractivity contribution in [2.45, 2.75) is 13.8 Å². The quantitative estimate of drug-likeness (QED) is 0.336. The average molecular weight is 499 g/mol. The van der Waals surface area contributed by atoms with Gasteiger partial charge in [-0.05, 0) is 30.0 Å². The van der Waals surface area contributed by atoms with Crippen LogP contribution in [0, 0.1) is 0 Å². The standard InChI is InChI=1S/C24H22N2O6S2/c1-3-31-24(30)21-17(19-10-7-11-33-19)14-34-22(21)26-20(28)13-32-23(29)18(25-15(2)27)12-16-8-5-4-6-9-16/h4-12,14H,3,13H2,1-2H3,(H,25,27)(H,26,28)/b18-12-. The molecular weight excluding hydrogens is 476 g/mol. The first-order valence-corrected chi connectivity index (χ1v) is 12.0. The minimum Gasteiger partial charge on any atom is -0.462 e. The molecule has 0 aliphatic heterocycles. The highest BCUT2D eigenvalue weighted by molar-refractivity contribution is 7.17. The van der Waals surface area contributed by atoms with Gasteiger partial charge in [-0.15, -0.1) is 22.7 Å². The van der Waals surface area contributed by atoms with Crippen molar-refractivity contribution in [1.82, 2.24) is 5.32 Å². The summed E-state index contributed by atoms with van der Waals surface area (Å²) in [7, 11) is 0. The van der Waals surface area contributed by atoms with E-state index < -0.39 is 30.4 Å². The third kappa shape index (κ3) is 6.63. The fourth-order valence-corrected chi connectivity index (χ4v) is 4.68. The van der Waals surface area contributed by atoms with Crippen LogP contribution in [0.2, 0.25) is 0 Å². The highest BCUT2D eigenvalue weighted by Crippen LogP contribution is 2.38. The zero-order valence-corrected chi connectivity index (χ0v) is 20.1. The second-order valence-corrected chi connectivity index (χ2v) is 8.65. The van der Waals surface area contributed by atoms with Crippen LogP contribution in [-0.4, -0.2) is 37.0 Å². The molecular formula is C24H22N2O6S2. The van der Waals surface area contributed by atoms with E-state index >= 15 is 0 Å². The Morgan fingerprint density at radius 2 is 1.76 bits per heavy atom. The minimum absolute atomic E-state index is 0.102. The monoisotopic (exact) mass is 498 g/mol. The molecule has 176 valence electrons. The van der Waals surface area contributed by atoms with Crippen molar-refractivity contribution in [3.8, 4) is 10.4 Å². The van der Waals surface area contributed by atoms with Crippen LogP contribution >= 0.6 is 22.7 Å². The van der Waals surface area contributed by atoms with Crippen molar-refractivity contribution >= 4 is 57.5 Å². The topological polar surface area (TPSA) is 111 Å². The van der Waals surface area contributed by atoms with E-state index in [4.69, 9.17) is 9.47 Å². The lowest BCUT2D eigenvalue weighted by molar-refractivity contribution is -0.144. The summed E-state index contributed by atoms with van der Waals surface area (Å²) in [5.41, 5.74) is 1.47. The smallest absolute Gasteiger partial charge is 0.355 e. The van der Waals surface area contributed by atoms with Gasteiger partial charge in [0.25, 0.3) is 5.91 Å². The van der Waals surface area contributed by atoms with Gasteiger partial charge in [-0.2, -0.15) is 0 Å². The average Bonchev–Trinajstić information content (AvgIpc) is 3.47. The number of carbonyl (C=O) groups excluding carboxylic acids is 4. The lowest BCUT2D eigenvalue weighted by atomic mass is 10.1. The highest BCUT2D eigenvalue weighted by atomic mass is 32.1. The van der Waals surface area contributed by atoms with Gasteiger partial charge in [0, 0.05) is 22.7 Å². The number of anilines is 1. The first-order chi connectivity index (χ1) is 16.4. The summed E-state index contributed by atoms with van der Waals surface area (Å²) in [6.45, 7) is 2.53. The molecule has 2 amide bonds. The number of ether oxygens (including phenoxy) is 2. The van der Waals surface area contributed by atoms with E-state index in [0.717, 1.165) is 4.88 Å². The van der Waals surface area contributed by atoms with E-state index in [0.29, 0.717) is 16.1 Å². The zero-order valence-electron chi connectivity index (χ0n) is 18.5. The van der Waals surface area contributed by atoms with Crippen LogP contribution in [-0.2, 0) is 23.9 Å². The summed E-state index contributed by atoms with van der Waals surface area (Å²) in [5, 5.41) is 8.97. The number of nitrogens with one attached hydrogen (secondary N) is 2. The molecule has 0 bridgehead atoms. The molecule has 0 aliphatic carbocycles. The van der Waals surface area contributed by atoms with Gasteiger partial charge in [0.15, 0.2) is 6.61 Å². The Bertz CT molecular complexity index is 1200.